The zero-order valence-corrected chi connectivity index (χ0v) is 12.4. The summed E-state index contributed by atoms with van der Waals surface area (Å²) in [6.45, 7) is 6.41. The third-order valence-electron chi connectivity index (χ3n) is 3.37. The Hall–Kier alpha value is -2.16. The Morgan fingerprint density at radius 1 is 0.850 bits per heavy atom. The van der Waals surface area contributed by atoms with Gasteiger partial charge in [-0.1, -0.05) is 0 Å². The van der Waals surface area contributed by atoms with E-state index in [9.17, 15) is 0 Å². The van der Waals surface area contributed by atoms with Crippen LogP contribution < -0.4 is 15.0 Å². The van der Waals surface area contributed by atoms with Crippen LogP contribution in [0, 0.1) is 0 Å². The molecule has 0 aliphatic rings. The molecule has 0 aromatic heterocycles. The molecule has 2 aromatic rings. The van der Waals surface area contributed by atoms with Gasteiger partial charge in [-0.2, -0.15) is 0 Å². The SMILES string of the molecule is CCN(CC)c1ccc(Nc2ccc(OC)cc2)cc1. The van der Waals surface area contributed by atoms with E-state index in [4.69, 9.17) is 4.74 Å². The lowest BCUT2D eigenvalue weighted by molar-refractivity contribution is 0.415. The van der Waals surface area contributed by atoms with Gasteiger partial charge in [0.25, 0.3) is 0 Å². The van der Waals surface area contributed by atoms with E-state index in [1.807, 2.05) is 24.3 Å². The lowest BCUT2D eigenvalue weighted by Crippen LogP contribution is -2.21. The van der Waals surface area contributed by atoms with E-state index in [-0.39, 0.29) is 0 Å². The van der Waals surface area contributed by atoms with Crippen LogP contribution in [0.1, 0.15) is 13.8 Å². The van der Waals surface area contributed by atoms with Gasteiger partial charge in [0.2, 0.25) is 0 Å². The minimum atomic E-state index is 0.868. The Morgan fingerprint density at radius 3 is 1.80 bits per heavy atom. The molecule has 0 unspecified atom stereocenters. The van der Waals surface area contributed by atoms with Crippen molar-refractivity contribution in [3.05, 3.63) is 48.5 Å². The summed E-state index contributed by atoms with van der Waals surface area (Å²) in [5.41, 5.74) is 3.41. The van der Waals surface area contributed by atoms with Crippen LogP contribution in [0.3, 0.4) is 0 Å². The van der Waals surface area contributed by atoms with Crippen LogP contribution in [-0.4, -0.2) is 20.2 Å². The molecule has 2 aromatic carbocycles. The van der Waals surface area contributed by atoms with E-state index in [2.05, 4.69) is 48.3 Å². The second-order valence-electron chi connectivity index (χ2n) is 4.57. The molecule has 0 aliphatic carbocycles. The standard InChI is InChI=1S/C17H22N2O/c1-4-19(5-2)16-10-6-14(7-11-16)18-15-8-12-17(20-3)13-9-15/h6-13,18H,4-5H2,1-3H3. The summed E-state index contributed by atoms with van der Waals surface area (Å²) in [4.78, 5) is 2.33. The van der Waals surface area contributed by atoms with Crippen molar-refractivity contribution in [3.63, 3.8) is 0 Å². The van der Waals surface area contributed by atoms with E-state index < -0.39 is 0 Å². The average Bonchev–Trinajstić information content (AvgIpc) is 2.51. The third-order valence-corrected chi connectivity index (χ3v) is 3.37. The molecule has 0 spiro atoms. The van der Waals surface area contributed by atoms with Gasteiger partial charge in [-0.3, -0.25) is 0 Å². The molecule has 0 saturated carbocycles. The first-order valence-electron chi connectivity index (χ1n) is 7.03. The minimum absolute atomic E-state index is 0.868. The van der Waals surface area contributed by atoms with Crippen LogP contribution in [0.4, 0.5) is 17.1 Å². The molecule has 3 nitrogen and oxygen atoms in total. The highest BCUT2D eigenvalue weighted by molar-refractivity contribution is 5.63. The summed E-state index contributed by atoms with van der Waals surface area (Å²) in [5.74, 6) is 0.868. The van der Waals surface area contributed by atoms with E-state index in [0.29, 0.717) is 0 Å². The normalized spacial score (nSPS) is 10.2. The molecule has 3 heteroatoms. The number of hydrogen-bond donors (Lipinski definition) is 1. The summed E-state index contributed by atoms with van der Waals surface area (Å²) < 4.78 is 5.15. The van der Waals surface area contributed by atoms with E-state index in [1.165, 1.54) is 5.69 Å². The lowest BCUT2D eigenvalue weighted by atomic mass is 10.2. The molecule has 106 valence electrons. The van der Waals surface area contributed by atoms with E-state index in [0.717, 1.165) is 30.2 Å². The molecule has 0 radical (unpaired) electrons. The molecular formula is C17H22N2O. The van der Waals surface area contributed by atoms with Gasteiger partial charge in [-0.05, 0) is 62.4 Å². The predicted octanol–water partition coefficient (Wildman–Crippen LogP) is 4.29. The molecule has 1 N–H and O–H groups in total. The third kappa shape index (κ3) is 3.44. The molecule has 0 aliphatic heterocycles. The smallest absolute Gasteiger partial charge is 0.119 e. The molecule has 0 atom stereocenters. The number of methoxy groups -OCH3 is 1. The van der Waals surface area contributed by atoms with Gasteiger partial charge in [-0.25, -0.2) is 0 Å². The Bertz CT molecular complexity index is 516. The molecule has 2 rings (SSSR count). The summed E-state index contributed by atoms with van der Waals surface area (Å²) >= 11 is 0. The van der Waals surface area contributed by atoms with Gasteiger partial charge in [0.1, 0.15) is 5.75 Å². The van der Waals surface area contributed by atoms with Crippen molar-refractivity contribution < 1.29 is 4.74 Å². The summed E-state index contributed by atoms with van der Waals surface area (Å²) in [6.07, 6.45) is 0. The first kappa shape index (κ1) is 14.3. The average molecular weight is 270 g/mol. The van der Waals surface area contributed by atoms with Crippen LogP contribution in [0.5, 0.6) is 5.75 Å². The zero-order valence-electron chi connectivity index (χ0n) is 12.4. The number of nitrogens with zero attached hydrogens (tertiary/aromatic N) is 1. The second-order valence-corrected chi connectivity index (χ2v) is 4.57. The highest BCUT2D eigenvalue weighted by Crippen LogP contribution is 2.22. The Labute approximate surface area is 121 Å². The summed E-state index contributed by atoms with van der Waals surface area (Å²) in [6, 6.07) is 16.4. The van der Waals surface area contributed by atoms with Gasteiger partial charge < -0.3 is 15.0 Å². The topological polar surface area (TPSA) is 24.5 Å². The van der Waals surface area contributed by atoms with Crippen LogP contribution in [0.15, 0.2) is 48.5 Å². The molecule has 20 heavy (non-hydrogen) atoms. The molecular weight excluding hydrogens is 248 g/mol. The largest absolute Gasteiger partial charge is 0.497 e. The molecule has 0 bridgehead atoms. The van der Waals surface area contributed by atoms with E-state index >= 15 is 0 Å². The first-order valence-corrected chi connectivity index (χ1v) is 7.03. The van der Waals surface area contributed by atoms with Crippen molar-refractivity contribution >= 4 is 17.1 Å². The van der Waals surface area contributed by atoms with E-state index in [1.54, 1.807) is 7.11 Å². The number of ether oxygens (including phenoxy) is 1. The fourth-order valence-electron chi connectivity index (χ4n) is 2.19. The van der Waals surface area contributed by atoms with Gasteiger partial charge in [0.05, 0.1) is 7.11 Å². The number of hydrogen-bond acceptors (Lipinski definition) is 3. The van der Waals surface area contributed by atoms with Crippen molar-refractivity contribution in [3.8, 4) is 5.75 Å². The Balaban J connectivity index is 2.06. The van der Waals surface area contributed by atoms with Gasteiger partial charge in [0, 0.05) is 30.2 Å². The van der Waals surface area contributed by atoms with Crippen LogP contribution >= 0.6 is 0 Å². The number of nitrogens with one attached hydrogen (secondary N) is 1. The van der Waals surface area contributed by atoms with Crippen LogP contribution in [0.2, 0.25) is 0 Å². The highest BCUT2D eigenvalue weighted by Gasteiger charge is 2.01. The minimum Gasteiger partial charge on any atom is -0.497 e. The summed E-state index contributed by atoms with van der Waals surface area (Å²) in [5, 5.41) is 3.38. The molecule has 0 amide bonds. The van der Waals surface area contributed by atoms with Crippen molar-refractivity contribution in [2.45, 2.75) is 13.8 Å². The fourth-order valence-corrected chi connectivity index (χ4v) is 2.19. The maximum atomic E-state index is 5.15. The molecule has 0 fully saturated rings. The lowest BCUT2D eigenvalue weighted by Gasteiger charge is -2.21. The Kier molecular flexibility index (Phi) is 4.88. The van der Waals surface area contributed by atoms with Crippen molar-refractivity contribution in [1.82, 2.24) is 0 Å². The molecule has 0 saturated heterocycles. The number of rotatable bonds is 6. The van der Waals surface area contributed by atoms with Gasteiger partial charge >= 0.3 is 0 Å². The number of benzene rings is 2. The molecule has 0 heterocycles. The number of anilines is 3. The van der Waals surface area contributed by atoms with Gasteiger partial charge in [0.15, 0.2) is 0 Å². The van der Waals surface area contributed by atoms with Gasteiger partial charge in [-0.15, -0.1) is 0 Å². The monoisotopic (exact) mass is 270 g/mol. The summed E-state index contributed by atoms with van der Waals surface area (Å²) in [7, 11) is 1.67. The van der Waals surface area contributed by atoms with Crippen molar-refractivity contribution in [2.75, 3.05) is 30.4 Å². The first-order chi connectivity index (χ1) is 9.76. The quantitative estimate of drug-likeness (QED) is 0.847. The maximum Gasteiger partial charge on any atom is 0.119 e. The van der Waals surface area contributed by atoms with Crippen molar-refractivity contribution in [2.24, 2.45) is 0 Å². The van der Waals surface area contributed by atoms with Crippen LogP contribution in [-0.2, 0) is 0 Å². The van der Waals surface area contributed by atoms with Crippen molar-refractivity contribution in [1.29, 1.82) is 0 Å². The maximum absolute atomic E-state index is 5.15. The second kappa shape index (κ2) is 6.85. The zero-order chi connectivity index (χ0) is 14.4. The highest BCUT2D eigenvalue weighted by atomic mass is 16.5. The Morgan fingerprint density at radius 2 is 1.35 bits per heavy atom. The fraction of sp³-hybridized carbons (Fsp3) is 0.294. The van der Waals surface area contributed by atoms with Crippen LogP contribution in [0.25, 0.3) is 0 Å². The predicted molar refractivity (Wildman–Crippen MR) is 86.3 cm³/mol.